The van der Waals surface area contributed by atoms with Crippen molar-refractivity contribution in [3.8, 4) is 5.75 Å². The average Bonchev–Trinajstić information content (AvgIpc) is 2.99. The van der Waals surface area contributed by atoms with E-state index < -0.39 is 0 Å². The SMILES string of the molecule is O=C(NCCOc1ccc2c(c1)CCC2)Nc1cccc(F)c1. The van der Waals surface area contributed by atoms with Crippen molar-refractivity contribution in [2.45, 2.75) is 19.3 Å². The van der Waals surface area contributed by atoms with E-state index in [4.69, 9.17) is 4.74 Å². The van der Waals surface area contributed by atoms with Gasteiger partial charge < -0.3 is 15.4 Å². The predicted octanol–water partition coefficient (Wildman–Crippen LogP) is 3.51. The van der Waals surface area contributed by atoms with Crippen molar-refractivity contribution in [2.24, 2.45) is 0 Å². The fourth-order valence-corrected chi connectivity index (χ4v) is 2.71. The summed E-state index contributed by atoms with van der Waals surface area (Å²) in [6.07, 6.45) is 3.47. The molecule has 0 aliphatic heterocycles. The summed E-state index contributed by atoms with van der Waals surface area (Å²) in [6, 6.07) is 11.5. The fraction of sp³-hybridized carbons (Fsp3) is 0.278. The molecule has 2 aromatic rings. The number of benzene rings is 2. The number of amides is 2. The lowest BCUT2D eigenvalue weighted by molar-refractivity contribution is 0.247. The highest BCUT2D eigenvalue weighted by Crippen LogP contribution is 2.25. The lowest BCUT2D eigenvalue weighted by atomic mass is 10.1. The number of aryl methyl sites for hydroxylation is 2. The first-order chi connectivity index (χ1) is 11.2. The molecular formula is C18H19FN2O2. The summed E-state index contributed by atoms with van der Waals surface area (Å²) < 4.78 is 18.7. The summed E-state index contributed by atoms with van der Waals surface area (Å²) in [5, 5.41) is 5.25. The van der Waals surface area contributed by atoms with Gasteiger partial charge in [0.05, 0.1) is 6.54 Å². The molecule has 0 aromatic heterocycles. The van der Waals surface area contributed by atoms with Gasteiger partial charge in [-0.25, -0.2) is 9.18 Å². The van der Waals surface area contributed by atoms with Crippen molar-refractivity contribution >= 4 is 11.7 Å². The number of urea groups is 1. The van der Waals surface area contributed by atoms with Gasteiger partial charge in [-0.15, -0.1) is 0 Å². The van der Waals surface area contributed by atoms with Gasteiger partial charge in [0.25, 0.3) is 0 Å². The third-order valence-electron chi connectivity index (χ3n) is 3.81. The molecule has 4 nitrogen and oxygen atoms in total. The van der Waals surface area contributed by atoms with Crippen LogP contribution in [0.5, 0.6) is 5.75 Å². The van der Waals surface area contributed by atoms with Gasteiger partial charge in [-0.2, -0.15) is 0 Å². The highest BCUT2D eigenvalue weighted by molar-refractivity contribution is 5.89. The molecule has 0 saturated carbocycles. The van der Waals surface area contributed by atoms with E-state index in [2.05, 4.69) is 22.8 Å². The Bertz CT molecular complexity index is 703. The molecule has 0 atom stereocenters. The quantitative estimate of drug-likeness (QED) is 0.830. The van der Waals surface area contributed by atoms with Gasteiger partial charge in [-0.1, -0.05) is 12.1 Å². The Hall–Kier alpha value is -2.56. The molecule has 3 rings (SSSR count). The maximum absolute atomic E-state index is 13.0. The van der Waals surface area contributed by atoms with Crippen LogP contribution in [-0.4, -0.2) is 19.2 Å². The van der Waals surface area contributed by atoms with Gasteiger partial charge in [-0.05, 0) is 60.7 Å². The van der Waals surface area contributed by atoms with Gasteiger partial charge in [0.15, 0.2) is 0 Å². The zero-order chi connectivity index (χ0) is 16.1. The van der Waals surface area contributed by atoms with Crippen LogP contribution in [0.3, 0.4) is 0 Å². The number of anilines is 1. The van der Waals surface area contributed by atoms with Crippen LogP contribution >= 0.6 is 0 Å². The number of hydrogen-bond donors (Lipinski definition) is 2. The summed E-state index contributed by atoms with van der Waals surface area (Å²) in [4.78, 5) is 11.7. The first-order valence-electron chi connectivity index (χ1n) is 7.76. The van der Waals surface area contributed by atoms with Crippen LogP contribution in [0.25, 0.3) is 0 Å². The van der Waals surface area contributed by atoms with Gasteiger partial charge in [-0.3, -0.25) is 0 Å². The van der Waals surface area contributed by atoms with Crippen molar-refractivity contribution in [3.05, 3.63) is 59.4 Å². The minimum Gasteiger partial charge on any atom is -0.492 e. The summed E-state index contributed by atoms with van der Waals surface area (Å²) in [7, 11) is 0. The van der Waals surface area contributed by atoms with Crippen LogP contribution < -0.4 is 15.4 Å². The third-order valence-corrected chi connectivity index (χ3v) is 3.81. The number of ether oxygens (including phenoxy) is 1. The molecular weight excluding hydrogens is 295 g/mol. The Morgan fingerprint density at radius 1 is 1.13 bits per heavy atom. The van der Waals surface area contributed by atoms with Crippen LogP contribution in [0, 0.1) is 5.82 Å². The molecule has 0 heterocycles. The number of halogens is 1. The van der Waals surface area contributed by atoms with E-state index in [-0.39, 0.29) is 11.8 Å². The maximum atomic E-state index is 13.0. The van der Waals surface area contributed by atoms with Crippen molar-refractivity contribution in [2.75, 3.05) is 18.5 Å². The number of nitrogens with one attached hydrogen (secondary N) is 2. The molecule has 1 aliphatic rings. The molecule has 0 spiro atoms. The van der Waals surface area contributed by atoms with Gasteiger partial charge >= 0.3 is 6.03 Å². The molecule has 120 valence electrons. The molecule has 23 heavy (non-hydrogen) atoms. The van der Waals surface area contributed by atoms with Crippen molar-refractivity contribution in [3.63, 3.8) is 0 Å². The van der Waals surface area contributed by atoms with Crippen molar-refractivity contribution < 1.29 is 13.9 Å². The minimum absolute atomic E-state index is 0.373. The largest absolute Gasteiger partial charge is 0.492 e. The van der Waals surface area contributed by atoms with E-state index in [0.717, 1.165) is 18.6 Å². The van der Waals surface area contributed by atoms with Gasteiger partial charge in [0.1, 0.15) is 18.2 Å². The first kappa shape index (κ1) is 15.3. The van der Waals surface area contributed by atoms with Crippen LogP contribution in [0.4, 0.5) is 14.9 Å². The lowest BCUT2D eigenvalue weighted by Gasteiger charge is -2.10. The summed E-state index contributed by atoms with van der Waals surface area (Å²) >= 11 is 0. The second-order valence-corrected chi connectivity index (χ2v) is 5.52. The van der Waals surface area contributed by atoms with Crippen molar-refractivity contribution in [1.82, 2.24) is 5.32 Å². The molecule has 0 saturated heterocycles. The van der Waals surface area contributed by atoms with Crippen LogP contribution in [0.2, 0.25) is 0 Å². The normalized spacial score (nSPS) is 12.6. The number of carbonyl (C=O) groups excluding carboxylic acids is 1. The fourth-order valence-electron chi connectivity index (χ4n) is 2.71. The number of fused-ring (bicyclic) bond motifs is 1. The Kier molecular flexibility index (Phi) is 4.76. The second kappa shape index (κ2) is 7.13. The van der Waals surface area contributed by atoms with Crippen LogP contribution in [0.1, 0.15) is 17.5 Å². The first-order valence-corrected chi connectivity index (χ1v) is 7.76. The number of hydrogen-bond acceptors (Lipinski definition) is 2. The molecule has 5 heteroatoms. The van der Waals surface area contributed by atoms with E-state index in [0.29, 0.717) is 18.8 Å². The minimum atomic E-state index is -0.386. The highest BCUT2D eigenvalue weighted by Gasteiger charge is 2.11. The Morgan fingerprint density at radius 2 is 2.00 bits per heavy atom. The molecule has 2 aromatic carbocycles. The molecule has 0 bridgehead atoms. The molecule has 2 amide bonds. The molecule has 0 unspecified atom stereocenters. The zero-order valence-electron chi connectivity index (χ0n) is 12.8. The number of rotatable bonds is 5. The Labute approximate surface area is 134 Å². The standard InChI is InChI=1S/C18H19FN2O2/c19-15-5-2-6-16(12-15)21-18(22)20-9-10-23-17-8-7-13-3-1-4-14(13)11-17/h2,5-8,11-12H,1,3-4,9-10H2,(H2,20,21,22). The molecule has 0 radical (unpaired) electrons. The summed E-state index contributed by atoms with van der Waals surface area (Å²) in [6.45, 7) is 0.758. The van der Waals surface area contributed by atoms with Crippen LogP contribution in [0.15, 0.2) is 42.5 Å². The monoisotopic (exact) mass is 314 g/mol. The van der Waals surface area contributed by atoms with E-state index in [1.807, 2.05) is 6.07 Å². The predicted molar refractivity (Wildman–Crippen MR) is 87.4 cm³/mol. The van der Waals surface area contributed by atoms with E-state index in [1.54, 1.807) is 12.1 Å². The van der Waals surface area contributed by atoms with E-state index in [9.17, 15) is 9.18 Å². The topological polar surface area (TPSA) is 50.4 Å². The lowest BCUT2D eigenvalue weighted by Crippen LogP contribution is -2.32. The maximum Gasteiger partial charge on any atom is 0.319 e. The van der Waals surface area contributed by atoms with E-state index >= 15 is 0 Å². The zero-order valence-corrected chi connectivity index (χ0v) is 12.8. The Balaban J connectivity index is 1.40. The molecule has 1 aliphatic carbocycles. The van der Waals surface area contributed by atoms with Gasteiger partial charge in [0.2, 0.25) is 0 Å². The summed E-state index contributed by atoms with van der Waals surface area (Å²) in [5.74, 6) is 0.445. The van der Waals surface area contributed by atoms with Gasteiger partial charge in [0, 0.05) is 5.69 Å². The van der Waals surface area contributed by atoms with E-state index in [1.165, 1.54) is 29.7 Å². The number of carbonyl (C=O) groups is 1. The molecule has 0 fully saturated rings. The third kappa shape index (κ3) is 4.22. The Morgan fingerprint density at radius 3 is 2.87 bits per heavy atom. The molecule has 2 N–H and O–H groups in total. The van der Waals surface area contributed by atoms with Crippen LogP contribution in [-0.2, 0) is 12.8 Å². The average molecular weight is 314 g/mol. The highest BCUT2D eigenvalue weighted by atomic mass is 19.1. The smallest absolute Gasteiger partial charge is 0.319 e. The summed E-state index contributed by atoms with van der Waals surface area (Å²) in [5.41, 5.74) is 3.19. The van der Waals surface area contributed by atoms with Crippen molar-refractivity contribution in [1.29, 1.82) is 0 Å². The second-order valence-electron chi connectivity index (χ2n) is 5.52.